The van der Waals surface area contributed by atoms with Crippen LogP contribution < -0.4 is 0 Å². The van der Waals surface area contributed by atoms with Gasteiger partial charge in [0.15, 0.2) is 0 Å². The second-order valence-corrected chi connectivity index (χ2v) is 10.4. The quantitative estimate of drug-likeness (QED) is 0.0978. The molecule has 0 N–H and O–H groups in total. The van der Waals surface area contributed by atoms with Gasteiger partial charge in [-0.3, -0.25) is 0 Å². The van der Waals surface area contributed by atoms with Crippen LogP contribution in [0.5, 0.6) is 0 Å². The Bertz CT molecular complexity index is 919. The highest BCUT2D eigenvalue weighted by atomic mass is 32.2. The number of hydrogen-bond acceptors (Lipinski definition) is 2. The van der Waals surface area contributed by atoms with E-state index in [1.807, 2.05) is 24.8 Å². The van der Waals surface area contributed by atoms with Crippen LogP contribution in [0.15, 0.2) is 89.3 Å². The van der Waals surface area contributed by atoms with Gasteiger partial charge in [0.25, 0.3) is 0 Å². The first-order chi connectivity index (χ1) is 16.5. The number of aryl methyl sites for hydroxylation is 1. The van der Waals surface area contributed by atoms with E-state index in [1.165, 1.54) is 29.5 Å². The molecule has 1 aromatic carbocycles. The second-order valence-electron chi connectivity index (χ2n) is 8.32. The van der Waals surface area contributed by atoms with Gasteiger partial charge in [0.1, 0.15) is 0 Å². The molecule has 0 amide bonds. The summed E-state index contributed by atoms with van der Waals surface area (Å²) >= 11 is 3.60. The molecule has 0 aromatic heterocycles. The predicted octanol–water partition coefficient (Wildman–Crippen LogP) is 10.2. The molecule has 1 aromatic rings. The van der Waals surface area contributed by atoms with Crippen LogP contribution in [-0.4, -0.2) is 11.5 Å². The molecule has 0 aliphatic carbocycles. The summed E-state index contributed by atoms with van der Waals surface area (Å²) in [6, 6.07) is 8.72. The van der Waals surface area contributed by atoms with Gasteiger partial charge in [-0.15, -0.1) is 35.9 Å². The largest absolute Gasteiger partial charge is 0.130 e. The summed E-state index contributed by atoms with van der Waals surface area (Å²) in [6.07, 6.45) is 26.0. The molecule has 1 rings (SSSR count). The van der Waals surface area contributed by atoms with Gasteiger partial charge in [0.2, 0.25) is 0 Å². The minimum atomic E-state index is 0.656. The number of thioether (sulfide) groups is 2. The van der Waals surface area contributed by atoms with Crippen molar-refractivity contribution >= 4 is 29.1 Å². The Labute approximate surface area is 218 Å². The van der Waals surface area contributed by atoms with Crippen molar-refractivity contribution in [1.82, 2.24) is 0 Å². The predicted molar refractivity (Wildman–Crippen MR) is 161 cm³/mol. The summed E-state index contributed by atoms with van der Waals surface area (Å²) in [7, 11) is 0. The summed E-state index contributed by atoms with van der Waals surface area (Å²) in [5.41, 5.74) is 5.41. The summed E-state index contributed by atoms with van der Waals surface area (Å²) in [4.78, 5) is 1.08. The van der Waals surface area contributed by atoms with Gasteiger partial charge in [-0.1, -0.05) is 80.3 Å². The van der Waals surface area contributed by atoms with Crippen LogP contribution in [0.25, 0.3) is 5.57 Å². The number of rotatable bonds is 16. The Hall–Kier alpha value is -2.08. The van der Waals surface area contributed by atoms with Crippen LogP contribution >= 0.6 is 23.5 Å². The number of hydrogen-bond donors (Lipinski definition) is 0. The van der Waals surface area contributed by atoms with E-state index in [2.05, 4.69) is 99.4 Å². The average Bonchev–Trinajstić information content (AvgIpc) is 2.84. The van der Waals surface area contributed by atoms with Crippen molar-refractivity contribution in [3.05, 3.63) is 100 Å². The lowest BCUT2D eigenvalue weighted by atomic mass is 9.92. The van der Waals surface area contributed by atoms with E-state index in [0.29, 0.717) is 6.42 Å². The fourth-order valence-corrected chi connectivity index (χ4v) is 4.99. The number of benzene rings is 1. The minimum Gasteiger partial charge on any atom is -0.130 e. The molecule has 1 atom stereocenters. The van der Waals surface area contributed by atoms with Crippen LogP contribution in [0.1, 0.15) is 64.0 Å². The van der Waals surface area contributed by atoms with E-state index in [-0.39, 0.29) is 0 Å². The first kappa shape index (κ1) is 30.0. The van der Waals surface area contributed by atoms with Crippen molar-refractivity contribution in [3.63, 3.8) is 0 Å². The van der Waals surface area contributed by atoms with Gasteiger partial charge in [0, 0.05) is 22.8 Å². The van der Waals surface area contributed by atoms with E-state index in [0.717, 1.165) is 40.7 Å². The maximum Gasteiger partial charge on any atom is 0.0270 e. The Kier molecular flexibility index (Phi) is 17.0. The third kappa shape index (κ3) is 13.0. The molecule has 0 spiro atoms. The normalized spacial score (nSPS) is 13.7. The molecular weight excluding hydrogens is 448 g/mol. The number of allylic oxidation sites excluding steroid dienone is 7. The van der Waals surface area contributed by atoms with E-state index >= 15 is 0 Å². The van der Waals surface area contributed by atoms with E-state index in [4.69, 9.17) is 6.42 Å². The van der Waals surface area contributed by atoms with Gasteiger partial charge in [-0.2, -0.15) is 0 Å². The zero-order valence-electron chi connectivity index (χ0n) is 21.6. The van der Waals surface area contributed by atoms with Gasteiger partial charge >= 0.3 is 0 Å². The molecule has 0 aliphatic heterocycles. The Balaban J connectivity index is 2.19. The molecule has 0 radical (unpaired) electrons. The van der Waals surface area contributed by atoms with Gasteiger partial charge in [-0.05, 0) is 80.1 Å². The van der Waals surface area contributed by atoms with Crippen molar-refractivity contribution < 1.29 is 0 Å². The fraction of sp³-hybridized carbons (Fsp3) is 0.375. The topological polar surface area (TPSA) is 0 Å². The monoisotopic (exact) mass is 490 g/mol. The van der Waals surface area contributed by atoms with Gasteiger partial charge in [-0.25, -0.2) is 0 Å². The Morgan fingerprint density at radius 2 is 1.85 bits per heavy atom. The van der Waals surface area contributed by atoms with E-state index < -0.39 is 0 Å². The van der Waals surface area contributed by atoms with Gasteiger partial charge in [0.05, 0.1) is 0 Å². The first-order valence-electron chi connectivity index (χ1n) is 12.2. The van der Waals surface area contributed by atoms with Crippen molar-refractivity contribution in [2.75, 3.05) is 11.5 Å². The molecular formula is C32H42S2. The maximum atomic E-state index is 5.29. The third-order valence-electron chi connectivity index (χ3n) is 5.64. The van der Waals surface area contributed by atoms with Crippen LogP contribution in [0.3, 0.4) is 0 Å². The van der Waals surface area contributed by atoms with E-state index in [1.54, 1.807) is 11.8 Å². The third-order valence-corrected chi connectivity index (χ3v) is 7.36. The maximum absolute atomic E-state index is 5.29. The van der Waals surface area contributed by atoms with E-state index in [9.17, 15) is 0 Å². The molecule has 34 heavy (non-hydrogen) atoms. The molecule has 0 heterocycles. The van der Waals surface area contributed by atoms with Crippen molar-refractivity contribution in [2.45, 2.75) is 59.8 Å². The second kappa shape index (κ2) is 19.2. The molecule has 0 saturated carbocycles. The van der Waals surface area contributed by atoms with Gasteiger partial charge < -0.3 is 0 Å². The smallest absolute Gasteiger partial charge is 0.0270 e. The number of terminal acetylenes is 1. The highest BCUT2D eigenvalue weighted by molar-refractivity contribution is 8.03. The zero-order valence-corrected chi connectivity index (χ0v) is 23.2. The lowest BCUT2D eigenvalue weighted by molar-refractivity contribution is 0.504. The molecule has 0 aliphatic rings. The lowest BCUT2D eigenvalue weighted by Crippen LogP contribution is -1.96. The summed E-state index contributed by atoms with van der Waals surface area (Å²) in [5, 5.41) is 2.20. The summed E-state index contributed by atoms with van der Waals surface area (Å²) in [5.74, 6) is 5.33. The Morgan fingerprint density at radius 3 is 2.56 bits per heavy atom. The molecule has 0 saturated heterocycles. The van der Waals surface area contributed by atoms with Crippen LogP contribution in [-0.2, 0) is 0 Å². The summed E-state index contributed by atoms with van der Waals surface area (Å²) in [6.45, 7) is 13.0. The van der Waals surface area contributed by atoms with Crippen LogP contribution in [0.4, 0.5) is 0 Å². The molecule has 2 heteroatoms. The Morgan fingerprint density at radius 1 is 1.06 bits per heavy atom. The average molecular weight is 491 g/mol. The molecule has 182 valence electrons. The highest BCUT2D eigenvalue weighted by Gasteiger charge is 2.07. The highest BCUT2D eigenvalue weighted by Crippen LogP contribution is 2.26. The molecule has 0 bridgehead atoms. The fourth-order valence-electron chi connectivity index (χ4n) is 3.54. The zero-order chi connectivity index (χ0) is 25.0. The van der Waals surface area contributed by atoms with Crippen LogP contribution in [0, 0.1) is 25.2 Å². The van der Waals surface area contributed by atoms with Crippen LogP contribution in [0.2, 0.25) is 0 Å². The standard InChI is InChI=1S/C32H42S2/c1-7-10-12-20-30(8-2)29(6)34-26-17-25-33-24-16-11-13-18-27(4)22-23-31(9-3)32-21-15-14-19-28(32)5/h1,8-9,11-12,14-17,19-21,25,27H,6,10,13,18,22-24,26H2,2-5H3/b16-11+,20-12-,25-17+,30-8+,31-9+. The SMILES string of the molecule is C#CC/C=C\C(=C/C)C(=C)SC/C=C/SC/C=C/CCC(C)CC/C(=C\C)c1ccccc1C. The van der Waals surface area contributed by atoms with Crippen molar-refractivity contribution in [3.8, 4) is 12.3 Å². The molecule has 0 fully saturated rings. The molecule has 0 nitrogen and oxygen atoms in total. The van der Waals surface area contributed by atoms with Crippen molar-refractivity contribution in [2.24, 2.45) is 5.92 Å². The van der Waals surface area contributed by atoms with Crippen molar-refractivity contribution in [1.29, 1.82) is 0 Å². The minimum absolute atomic E-state index is 0.656. The molecule has 1 unspecified atom stereocenters. The summed E-state index contributed by atoms with van der Waals surface area (Å²) < 4.78 is 0. The first-order valence-corrected chi connectivity index (χ1v) is 14.3. The lowest BCUT2D eigenvalue weighted by Gasteiger charge is -2.14.